The highest BCUT2D eigenvalue weighted by Gasteiger charge is 2.27. The maximum absolute atomic E-state index is 5.98. The molecule has 0 fully saturated rings. The Morgan fingerprint density at radius 2 is 1.73 bits per heavy atom. The average molecular weight is 279 g/mol. The molecule has 0 aromatic carbocycles. The summed E-state index contributed by atoms with van der Waals surface area (Å²) in [5.41, 5.74) is 1.93. The van der Waals surface area contributed by atoms with E-state index in [4.69, 9.17) is 8.23 Å². The van der Waals surface area contributed by atoms with Gasteiger partial charge in [-0.3, -0.25) is 0 Å². The van der Waals surface area contributed by atoms with Gasteiger partial charge in [0.2, 0.25) is 0 Å². The van der Waals surface area contributed by atoms with Gasteiger partial charge in [0, 0.05) is 1.43 Å². The van der Waals surface area contributed by atoms with Crippen LogP contribution in [0.5, 0.6) is 0 Å². The molecule has 90 valence electrons. The summed E-state index contributed by atoms with van der Waals surface area (Å²) in [5.74, 6) is 0. The summed E-state index contributed by atoms with van der Waals surface area (Å²) in [6.07, 6.45) is 0. The predicted octanol–water partition coefficient (Wildman–Crippen LogP) is 1.67. The van der Waals surface area contributed by atoms with Crippen molar-refractivity contribution in [3.63, 3.8) is 0 Å². The molecule has 0 amide bonds. The Morgan fingerprint density at radius 1 is 1.20 bits per heavy atom. The molecule has 0 aromatic heterocycles. The number of hydrogen-bond donors (Lipinski definition) is 0. The fraction of sp³-hybridized carbons (Fsp3) is 0.556. The molecule has 0 heterocycles. The van der Waals surface area contributed by atoms with Gasteiger partial charge in [0.1, 0.15) is 0 Å². The third-order valence-electron chi connectivity index (χ3n) is 2.09. The standard InChI is InChI=1S/C9H24O2Si4.H2/c1-8-12-10-15(6,7)9(2)13-11-14(3,4)5;/h8H,1-2,12-13H2,3-7H3;1H. The Bertz CT molecular complexity index is 238. The zero-order valence-corrected chi connectivity index (χ0v) is 15.6. The van der Waals surface area contributed by atoms with E-state index in [-0.39, 0.29) is 1.43 Å². The van der Waals surface area contributed by atoms with Crippen LogP contribution in [0.25, 0.3) is 0 Å². The number of rotatable bonds is 7. The molecule has 6 heteroatoms. The van der Waals surface area contributed by atoms with Crippen molar-refractivity contribution < 1.29 is 9.66 Å². The molecule has 0 radical (unpaired) electrons. The van der Waals surface area contributed by atoms with E-state index in [0.717, 1.165) is 0 Å². The van der Waals surface area contributed by atoms with Crippen molar-refractivity contribution in [1.82, 2.24) is 0 Å². The van der Waals surface area contributed by atoms with Crippen LogP contribution in [-0.4, -0.2) is 36.2 Å². The van der Waals surface area contributed by atoms with Crippen LogP contribution in [0.15, 0.2) is 23.7 Å². The molecule has 0 N–H and O–H groups in total. The van der Waals surface area contributed by atoms with Gasteiger partial charge in [-0.05, 0) is 32.7 Å². The number of hydrogen-bond acceptors (Lipinski definition) is 2. The van der Waals surface area contributed by atoms with E-state index in [1.165, 1.54) is 4.82 Å². The Hall–Kier alpha value is 0.268. The average Bonchev–Trinajstić information content (AvgIpc) is 2.09. The molecule has 0 aliphatic rings. The summed E-state index contributed by atoms with van der Waals surface area (Å²) in [6.45, 7) is 19.0. The van der Waals surface area contributed by atoms with Gasteiger partial charge >= 0.3 is 0 Å². The van der Waals surface area contributed by atoms with E-state index in [1.54, 1.807) is 0 Å². The minimum absolute atomic E-state index is 0. The van der Waals surface area contributed by atoms with Crippen molar-refractivity contribution in [3.8, 4) is 0 Å². The van der Waals surface area contributed by atoms with Crippen LogP contribution >= 0.6 is 0 Å². The van der Waals surface area contributed by atoms with Crippen LogP contribution in [0.4, 0.5) is 0 Å². The van der Waals surface area contributed by atoms with Crippen molar-refractivity contribution >= 4 is 36.2 Å². The Labute approximate surface area is 102 Å². The molecule has 0 aliphatic carbocycles. The molecule has 2 nitrogen and oxygen atoms in total. The second-order valence-corrected chi connectivity index (χ2v) is 18.1. The molecule has 0 saturated heterocycles. The molecule has 0 saturated carbocycles. The van der Waals surface area contributed by atoms with Gasteiger partial charge in [-0.25, -0.2) is 0 Å². The lowest BCUT2D eigenvalue weighted by Crippen LogP contribution is -2.40. The topological polar surface area (TPSA) is 18.5 Å². The molecule has 0 aliphatic heterocycles. The molecule has 0 atom stereocenters. The van der Waals surface area contributed by atoms with Gasteiger partial charge < -0.3 is 8.23 Å². The van der Waals surface area contributed by atoms with Gasteiger partial charge in [-0.1, -0.05) is 10.5 Å². The second-order valence-electron chi connectivity index (χ2n) is 5.11. The van der Waals surface area contributed by atoms with Crippen LogP contribution in [0.3, 0.4) is 0 Å². The first-order valence-electron chi connectivity index (χ1n) is 5.26. The largest absolute Gasteiger partial charge is 0.457 e. The van der Waals surface area contributed by atoms with E-state index in [9.17, 15) is 0 Å². The first-order valence-corrected chi connectivity index (χ1v) is 14.3. The molecular formula is C9H26O2Si4. The van der Waals surface area contributed by atoms with E-state index < -0.39 is 36.2 Å². The molecular weight excluding hydrogens is 252 g/mol. The zero-order chi connectivity index (χ0) is 12.1. The highest BCUT2D eigenvalue weighted by molar-refractivity contribution is 6.92. The fourth-order valence-corrected chi connectivity index (χ4v) is 9.19. The Morgan fingerprint density at radius 3 is 2.13 bits per heavy atom. The van der Waals surface area contributed by atoms with Crippen LogP contribution < -0.4 is 0 Å². The smallest absolute Gasteiger partial charge is 0.198 e. The van der Waals surface area contributed by atoms with Crippen molar-refractivity contribution in [3.05, 3.63) is 23.7 Å². The van der Waals surface area contributed by atoms with Gasteiger partial charge in [0.15, 0.2) is 36.2 Å². The van der Waals surface area contributed by atoms with Crippen LogP contribution in [0.2, 0.25) is 32.7 Å². The normalized spacial score (nSPS) is 14.2. The van der Waals surface area contributed by atoms with Crippen molar-refractivity contribution in [2.24, 2.45) is 0 Å². The first kappa shape index (κ1) is 15.3. The second kappa shape index (κ2) is 6.11. The van der Waals surface area contributed by atoms with Gasteiger partial charge in [-0.15, -0.1) is 13.2 Å². The predicted molar refractivity (Wildman–Crippen MR) is 81.5 cm³/mol. The lowest BCUT2D eigenvalue weighted by Gasteiger charge is -2.27. The first-order chi connectivity index (χ1) is 6.69. The Balaban J connectivity index is 0. The van der Waals surface area contributed by atoms with E-state index >= 15 is 0 Å². The Kier molecular flexibility index (Phi) is 6.22. The molecule has 0 spiro atoms. The van der Waals surface area contributed by atoms with Crippen LogP contribution in [-0.2, 0) is 8.23 Å². The molecule has 0 unspecified atom stereocenters. The molecule has 0 rings (SSSR count). The fourth-order valence-electron chi connectivity index (χ4n) is 0.847. The van der Waals surface area contributed by atoms with Crippen molar-refractivity contribution in [2.75, 3.05) is 0 Å². The zero-order valence-electron chi connectivity index (χ0n) is 10.7. The summed E-state index contributed by atoms with van der Waals surface area (Å²) in [5, 5.41) is 0. The van der Waals surface area contributed by atoms with Crippen molar-refractivity contribution in [2.45, 2.75) is 32.7 Å². The summed E-state index contributed by atoms with van der Waals surface area (Å²) < 4.78 is 11.9. The minimum Gasteiger partial charge on any atom is -0.457 e. The summed E-state index contributed by atoms with van der Waals surface area (Å²) in [4.78, 5) is 1.29. The van der Waals surface area contributed by atoms with E-state index in [0.29, 0.717) is 0 Å². The highest BCUT2D eigenvalue weighted by atomic mass is 28.4. The molecule has 0 bridgehead atoms. The third kappa shape index (κ3) is 7.20. The molecule has 15 heavy (non-hydrogen) atoms. The summed E-state index contributed by atoms with van der Waals surface area (Å²) >= 11 is 0. The lowest BCUT2D eigenvalue weighted by atomic mass is 11.2. The maximum Gasteiger partial charge on any atom is 0.198 e. The summed E-state index contributed by atoms with van der Waals surface area (Å²) in [7, 11) is -4.19. The van der Waals surface area contributed by atoms with Gasteiger partial charge in [0.25, 0.3) is 0 Å². The monoisotopic (exact) mass is 278 g/mol. The van der Waals surface area contributed by atoms with Crippen LogP contribution in [0.1, 0.15) is 1.43 Å². The molecule has 0 aromatic rings. The van der Waals surface area contributed by atoms with Gasteiger partial charge in [-0.2, -0.15) is 0 Å². The highest BCUT2D eigenvalue weighted by Crippen LogP contribution is 2.15. The van der Waals surface area contributed by atoms with E-state index in [2.05, 4.69) is 45.9 Å². The third-order valence-corrected chi connectivity index (χ3v) is 15.0. The maximum atomic E-state index is 5.98. The van der Waals surface area contributed by atoms with Gasteiger partial charge in [0.05, 0.1) is 0 Å². The van der Waals surface area contributed by atoms with E-state index in [1.807, 2.05) is 5.70 Å². The summed E-state index contributed by atoms with van der Waals surface area (Å²) in [6, 6.07) is 0. The van der Waals surface area contributed by atoms with Crippen LogP contribution in [0, 0.1) is 0 Å². The SMILES string of the molecule is C=C[SiH2]O[Si](C)(C)C(=C)[SiH2]O[Si](C)(C)C.[HH]. The minimum atomic E-state index is -1.67. The quantitative estimate of drug-likeness (QED) is 0.660. The lowest BCUT2D eigenvalue weighted by molar-refractivity contribution is 0.593. The van der Waals surface area contributed by atoms with Crippen molar-refractivity contribution in [1.29, 1.82) is 0 Å².